The SMILES string of the molecule is CC/C=C/C=C/C=C/C=C/CCCCCCCC(=O)OC[C@H](COP(=O)(O)OC[C@@H](O)CO)OC(=O)CCCCC/C=C/C/C=C/C/C=C/C/C=C/CCC. The van der Waals surface area contributed by atoms with Gasteiger partial charge < -0.3 is 24.6 Å². The molecule has 55 heavy (non-hydrogen) atoms. The number of ether oxygens (including phenoxy) is 2. The second kappa shape index (κ2) is 39.1. The third-order valence-corrected chi connectivity index (χ3v) is 8.75. The summed E-state index contributed by atoms with van der Waals surface area (Å²) in [5.41, 5.74) is 0. The van der Waals surface area contributed by atoms with Gasteiger partial charge >= 0.3 is 19.8 Å². The van der Waals surface area contributed by atoms with Crippen molar-refractivity contribution in [2.45, 2.75) is 142 Å². The molecule has 0 bridgehead atoms. The number of phosphoric ester groups is 1. The van der Waals surface area contributed by atoms with Gasteiger partial charge in [-0.25, -0.2) is 4.57 Å². The van der Waals surface area contributed by atoms with Crippen molar-refractivity contribution in [3.63, 3.8) is 0 Å². The zero-order chi connectivity index (χ0) is 40.5. The Morgan fingerprint density at radius 1 is 0.582 bits per heavy atom. The molecule has 0 spiro atoms. The third kappa shape index (κ3) is 38.9. The van der Waals surface area contributed by atoms with Gasteiger partial charge in [-0.2, -0.15) is 0 Å². The lowest BCUT2D eigenvalue weighted by Gasteiger charge is -2.20. The van der Waals surface area contributed by atoms with Crippen LogP contribution in [0.5, 0.6) is 0 Å². The second-order valence-electron chi connectivity index (χ2n) is 13.0. The van der Waals surface area contributed by atoms with E-state index in [1.807, 2.05) is 36.5 Å². The number of esters is 2. The van der Waals surface area contributed by atoms with Crippen LogP contribution >= 0.6 is 7.82 Å². The van der Waals surface area contributed by atoms with Crippen molar-refractivity contribution in [3.05, 3.63) is 97.2 Å². The van der Waals surface area contributed by atoms with Gasteiger partial charge in [0.2, 0.25) is 0 Å². The molecule has 0 saturated heterocycles. The number of aliphatic hydroxyl groups is 2. The van der Waals surface area contributed by atoms with E-state index in [0.717, 1.165) is 83.5 Å². The first-order chi connectivity index (χ1) is 26.7. The van der Waals surface area contributed by atoms with Crippen LogP contribution in [0.2, 0.25) is 0 Å². The number of carbonyl (C=O) groups is 2. The van der Waals surface area contributed by atoms with Crippen molar-refractivity contribution < 1.29 is 47.8 Å². The van der Waals surface area contributed by atoms with E-state index in [0.29, 0.717) is 12.8 Å². The van der Waals surface area contributed by atoms with E-state index < -0.39 is 51.8 Å². The van der Waals surface area contributed by atoms with Crippen LogP contribution in [-0.2, 0) is 32.7 Å². The Morgan fingerprint density at radius 3 is 1.69 bits per heavy atom. The van der Waals surface area contributed by atoms with Crippen LogP contribution in [0.1, 0.15) is 129 Å². The number of rotatable bonds is 36. The Hall–Kier alpha value is -3.11. The Labute approximate surface area is 332 Å². The minimum atomic E-state index is -4.64. The van der Waals surface area contributed by atoms with Crippen molar-refractivity contribution in [3.8, 4) is 0 Å². The Kier molecular flexibility index (Phi) is 36.9. The van der Waals surface area contributed by atoms with Crippen molar-refractivity contribution in [1.29, 1.82) is 0 Å². The van der Waals surface area contributed by atoms with E-state index in [-0.39, 0.29) is 19.4 Å². The van der Waals surface area contributed by atoms with E-state index in [9.17, 15) is 24.2 Å². The molecule has 0 heterocycles. The van der Waals surface area contributed by atoms with Gasteiger partial charge in [0.05, 0.1) is 19.8 Å². The average Bonchev–Trinajstić information content (AvgIpc) is 3.17. The van der Waals surface area contributed by atoms with E-state index >= 15 is 0 Å². The summed E-state index contributed by atoms with van der Waals surface area (Å²) in [5, 5.41) is 18.3. The molecule has 0 rings (SSSR count). The average molecular weight is 791 g/mol. The van der Waals surface area contributed by atoms with Crippen molar-refractivity contribution in [1.82, 2.24) is 0 Å². The highest BCUT2D eigenvalue weighted by atomic mass is 31.2. The van der Waals surface area contributed by atoms with Gasteiger partial charge in [0, 0.05) is 12.8 Å². The Balaban J connectivity index is 4.47. The largest absolute Gasteiger partial charge is 0.472 e. The summed E-state index contributed by atoms with van der Waals surface area (Å²) in [6.45, 7) is 2.07. The van der Waals surface area contributed by atoms with E-state index in [1.165, 1.54) is 6.42 Å². The minimum Gasteiger partial charge on any atom is -0.462 e. The van der Waals surface area contributed by atoms with Gasteiger partial charge in [-0.15, -0.1) is 0 Å². The second-order valence-corrected chi connectivity index (χ2v) is 14.5. The fourth-order valence-corrected chi connectivity index (χ4v) is 5.49. The van der Waals surface area contributed by atoms with Crippen LogP contribution in [0, 0.1) is 0 Å². The zero-order valence-electron chi connectivity index (χ0n) is 33.6. The molecule has 0 aliphatic heterocycles. The molecule has 0 fully saturated rings. The highest BCUT2D eigenvalue weighted by molar-refractivity contribution is 7.47. The summed E-state index contributed by atoms with van der Waals surface area (Å²) < 4.78 is 32.6. The van der Waals surface area contributed by atoms with Gasteiger partial charge in [0.15, 0.2) is 6.10 Å². The van der Waals surface area contributed by atoms with Crippen LogP contribution in [0.25, 0.3) is 0 Å². The van der Waals surface area contributed by atoms with Crippen LogP contribution < -0.4 is 0 Å². The fraction of sp³-hybridized carbons (Fsp3) is 0.591. The predicted molar refractivity (Wildman–Crippen MR) is 223 cm³/mol. The van der Waals surface area contributed by atoms with Crippen molar-refractivity contribution in [2.75, 3.05) is 26.4 Å². The van der Waals surface area contributed by atoms with Crippen LogP contribution in [0.15, 0.2) is 97.2 Å². The minimum absolute atomic E-state index is 0.134. The van der Waals surface area contributed by atoms with Crippen LogP contribution in [0.3, 0.4) is 0 Å². The number of carbonyl (C=O) groups excluding carboxylic acids is 2. The summed E-state index contributed by atoms with van der Waals surface area (Å²) in [7, 11) is -4.64. The molecule has 0 amide bonds. The lowest BCUT2D eigenvalue weighted by atomic mass is 10.1. The first-order valence-corrected chi connectivity index (χ1v) is 21.7. The fourth-order valence-electron chi connectivity index (χ4n) is 4.70. The predicted octanol–water partition coefficient (Wildman–Crippen LogP) is 10.4. The highest BCUT2D eigenvalue weighted by Gasteiger charge is 2.27. The van der Waals surface area contributed by atoms with Crippen LogP contribution in [0.4, 0.5) is 0 Å². The summed E-state index contributed by atoms with van der Waals surface area (Å²) in [6, 6.07) is 0. The molecule has 312 valence electrons. The molecule has 0 aliphatic carbocycles. The summed E-state index contributed by atoms with van der Waals surface area (Å²) >= 11 is 0. The number of hydrogen-bond acceptors (Lipinski definition) is 9. The summed E-state index contributed by atoms with van der Waals surface area (Å²) in [6.07, 6.45) is 46.5. The molecule has 3 atom stereocenters. The monoisotopic (exact) mass is 790 g/mol. The molecule has 3 N–H and O–H groups in total. The molecule has 0 aromatic carbocycles. The van der Waals surface area contributed by atoms with E-state index in [4.69, 9.17) is 19.1 Å². The van der Waals surface area contributed by atoms with E-state index in [2.05, 4.69) is 79.1 Å². The highest BCUT2D eigenvalue weighted by Crippen LogP contribution is 2.43. The van der Waals surface area contributed by atoms with Gasteiger partial charge in [0.25, 0.3) is 0 Å². The first-order valence-electron chi connectivity index (χ1n) is 20.2. The lowest BCUT2D eigenvalue weighted by Crippen LogP contribution is -2.29. The molecular formula is C44H71O10P. The van der Waals surface area contributed by atoms with Gasteiger partial charge in [0.1, 0.15) is 12.7 Å². The molecule has 0 aromatic rings. The van der Waals surface area contributed by atoms with Gasteiger partial charge in [-0.1, -0.05) is 143 Å². The molecule has 11 heteroatoms. The molecular weight excluding hydrogens is 719 g/mol. The molecule has 0 aliphatic rings. The van der Waals surface area contributed by atoms with Crippen molar-refractivity contribution in [2.24, 2.45) is 0 Å². The molecule has 1 unspecified atom stereocenters. The quantitative estimate of drug-likeness (QED) is 0.0184. The Bertz CT molecular complexity index is 1230. The van der Waals surface area contributed by atoms with Crippen molar-refractivity contribution >= 4 is 19.8 Å². The zero-order valence-corrected chi connectivity index (χ0v) is 34.5. The number of phosphoric acid groups is 1. The number of aliphatic hydroxyl groups excluding tert-OH is 2. The van der Waals surface area contributed by atoms with Gasteiger partial charge in [-0.05, 0) is 70.6 Å². The lowest BCUT2D eigenvalue weighted by molar-refractivity contribution is -0.161. The number of unbranched alkanes of at least 4 members (excludes halogenated alkanes) is 9. The molecule has 0 aromatic heterocycles. The standard InChI is InChI=1S/C44H71O10P/c1-3-5-7-9-11-13-15-17-19-20-22-24-26-28-30-32-34-36-44(48)54-42(40-53-55(49,50)52-38-41(46)37-45)39-51-43(47)35-33-31-29-27-25-23-21-18-16-14-12-10-8-6-4-2/h6-10,12-16,18-21,24,26,41-42,45-46H,3-5,11,17,22-23,25,27-40H2,1-2H3,(H,49,50)/b8-6+,9-7+,12-10+,15-13+,16-14+,20-19+,21-18+,26-24+/t41-,42+/m0/s1. The molecule has 10 nitrogen and oxygen atoms in total. The van der Waals surface area contributed by atoms with Gasteiger partial charge in [-0.3, -0.25) is 18.6 Å². The first kappa shape index (κ1) is 51.9. The van der Waals surface area contributed by atoms with E-state index in [1.54, 1.807) is 0 Å². The maximum absolute atomic E-state index is 12.6. The number of allylic oxidation sites excluding steroid dienone is 16. The smallest absolute Gasteiger partial charge is 0.462 e. The molecule has 0 radical (unpaired) electrons. The normalized spacial score (nSPS) is 14.9. The number of hydrogen-bond donors (Lipinski definition) is 3. The maximum atomic E-state index is 12.6. The topological polar surface area (TPSA) is 149 Å². The summed E-state index contributed by atoms with van der Waals surface area (Å²) in [4.78, 5) is 34.9. The maximum Gasteiger partial charge on any atom is 0.472 e. The van der Waals surface area contributed by atoms with Crippen LogP contribution in [-0.4, -0.2) is 65.7 Å². The molecule has 0 saturated carbocycles. The Morgan fingerprint density at radius 2 is 1.07 bits per heavy atom. The summed E-state index contributed by atoms with van der Waals surface area (Å²) in [5.74, 6) is -1.00. The third-order valence-electron chi connectivity index (χ3n) is 7.80.